The van der Waals surface area contributed by atoms with Crippen LogP contribution in [0.15, 0.2) is 22.0 Å². The first-order valence-electron chi connectivity index (χ1n) is 6.67. The van der Waals surface area contributed by atoms with Crippen molar-refractivity contribution in [3.05, 3.63) is 33.7 Å². The summed E-state index contributed by atoms with van der Waals surface area (Å²) in [5.74, 6) is 1.12. The van der Waals surface area contributed by atoms with Gasteiger partial charge in [-0.05, 0) is 37.3 Å². The normalized spacial score (nSPS) is 16.7. The molecule has 106 valence electrons. The van der Waals surface area contributed by atoms with Crippen LogP contribution in [0.2, 0.25) is 0 Å². The molecule has 3 heterocycles. The van der Waals surface area contributed by atoms with Crippen molar-refractivity contribution in [3.8, 4) is 0 Å². The van der Waals surface area contributed by atoms with Crippen molar-refractivity contribution in [1.82, 2.24) is 10.1 Å². The van der Waals surface area contributed by atoms with Crippen molar-refractivity contribution in [1.29, 1.82) is 0 Å². The van der Waals surface area contributed by atoms with Crippen LogP contribution in [0.4, 0.5) is 5.82 Å². The number of aryl methyl sites for hydroxylation is 1. The zero-order valence-corrected chi connectivity index (χ0v) is 12.4. The summed E-state index contributed by atoms with van der Waals surface area (Å²) >= 11 is 1.80. The molecule has 0 aliphatic carbocycles. The minimum absolute atomic E-state index is 0.0445. The van der Waals surface area contributed by atoms with Crippen LogP contribution in [0.5, 0.6) is 0 Å². The molecule has 0 spiro atoms. The highest BCUT2D eigenvalue weighted by Gasteiger charge is 2.26. The topological polar surface area (TPSA) is 58.4 Å². The highest BCUT2D eigenvalue weighted by Crippen LogP contribution is 2.25. The minimum atomic E-state index is -0.181. The number of fused-ring (bicyclic) bond motifs is 1. The van der Waals surface area contributed by atoms with Crippen LogP contribution in [0.1, 0.15) is 23.1 Å². The van der Waals surface area contributed by atoms with Crippen LogP contribution >= 0.6 is 11.3 Å². The van der Waals surface area contributed by atoms with Gasteiger partial charge in [-0.15, -0.1) is 11.3 Å². The zero-order chi connectivity index (χ0) is 14.1. The van der Waals surface area contributed by atoms with E-state index in [9.17, 15) is 4.79 Å². The average Bonchev–Trinajstić information content (AvgIpc) is 3.05. The van der Waals surface area contributed by atoms with E-state index in [1.54, 1.807) is 24.3 Å². The molecule has 5 nitrogen and oxygen atoms in total. The van der Waals surface area contributed by atoms with Gasteiger partial charge in [0.1, 0.15) is 5.76 Å². The maximum absolute atomic E-state index is 12.2. The molecular weight excluding hydrogens is 274 g/mol. The number of nitrogens with zero attached hydrogens (tertiary/aromatic N) is 2. The first-order valence-corrected chi connectivity index (χ1v) is 7.55. The lowest BCUT2D eigenvalue weighted by Crippen LogP contribution is -2.44. The molecule has 0 radical (unpaired) electrons. The van der Waals surface area contributed by atoms with Gasteiger partial charge in [0, 0.05) is 24.0 Å². The van der Waals surface area contributed by atoms with Gasteiger partial charge in [0.15, 0.2) is 5.82 Å². The fourth-order valence-electron chi connectivity index (χ4n) is 2.42. The molecule has 1 aliphatic heterocycles. The number of anilines is 1. The summed E-state index contributed by atoms with van der Waals surface area (Å²) in [6, 6.07) is 3.69. The molecule has 0 saturated carbocycles. The molecular formula is C14H17N3O2S. The van der Waals surface area contributed by atoms with E-state index < -0.39 is 0 Å². The van der Waals surface area contributed by atoms with Gasteiger partial charge in [-0.2, -0.15) is 0 Å². The molecule has 1 N–H and O–H groups in total. The molecule has 1 amide bonds. The molecule has 0 aromatic carbocycles. The molecule has 3 rings (SSSR count). The number of aromatic nitrogens is 1. The Hall–Kier alpha value is -1.66. The molecule has 0 unspecified atom stereocenters. The predicted octanol–water partition coefficient (Wildman–Crippen LogP) is 2.43. The van der Waals surface area contributed by atoms with Crippen LogP contribution in [-0.4, -0.2) is 28.6 Å². The van der Waals surface area contributed by atoms with Crippen LogP contribution < -0.4 is 5.32 Å². The van der Waals surface area contributed by atoms with Crippen molar-refractivity contribution in [2.45, 2.75) is 32.9 Å². The van der Waals surface area contributed by atoms with Crippen LogP contribution in [0, 0.1) is 6.92 Å². The summed E-state index contributed by atoms with van der Waals surface area (Å²) in [4.78, 5) is 15.9. The third-order valence-corrected chi connectivity index (χ3v) is 4.67. The van der Waals surface area contributed by atoms with Crippen LogP contribution in [0.3, 0.4) is 0 Å². The highest BCUT2D eigenvalue weighted by molar-refractivity contribution is 7.10. The number of hydrogen-bond acceptors (Lipinski definition) is 5. The second-order valence-corrected chi connectivity index (χ2v) is 6.08. The quantitative estimate of drug-likeness (QED) is 0.943. The second-order valence-electron chi connectivity index (χ2n) is 5.08. The fourth-order valence-corrected chi connectivity index (χ4v) is 3.31. The molecule has 2 aromatic heterocycles. The third-order valence-electron chi connectivity index (χ3n) is 3.64. The first kappa shape index (κ1) is 13.3. The summed E-state index contributed by atoms with van der Waals surface area (Å²) in [6.07, 6.45) is 1.02. The number of carbonyl (C=O) groups excluding carboxylic acids is 1. The molecule has 6 heteroatoms. The van der Waals surface area contributed by atoms with E-state index in [1.165, 1.54) is 10.4 Å². The number of carbonyl (C=O) groups is 1. The number of amides is 1. The van der Waals surface area contributed by atoms with Crippen LogP contribution in [-0.2, 0) is 17.8 Å². The van der Waals surface area contributed by atoms with E-state index in [-0.39, 0.29) is 11.9 Å². The Balaban J connectivity index is 1.64. The van der Waals surface area contributed by atoms with Crippen molar-refractivity contribution in [2.75, 3.05) is 11.9 Å². The summed E-state index contributed by atoms with van der Waals surface area (Å²) < 4.78 is 4.95. The van der Waals surface area contributed by atoms with E-state index in [1.807, 2.05) is 6.92 Å². The van der Waals surface area contributed by atoms with Crippen molar-refractivity contribution < 1.29 is 9.32 Å². The standard InChI is InChI=1S/C14H17N3O2S/c1-9-7-13(16-19-9)15-14(18)10(2)17-5-3-12-11(8-17)4-6-20-12/h4,6-7,10H,3,5,8H2,1-2H3,(H,15,16,18)/t10-/m0/s1. The summed E-state index contributed by atoms with van der Waals surface area (Å²) in [5.41, 5.74) is 1.35. The monoisotopic (exact) mass is 291 g/mol. The van der Waals surface area contributed by atoms with Gasteiger partial charge in [0.05, 0.1) is 6.04 Å². The minimum Gasteiger partial charge on any atom is -0.360 e. The third kappa shape index (κ3) is 2.62. The van der Waals surface area contributed by atoms with Gasteiger partial charge in [-0.25, -0.2) is 0 Å². The summed E-state index contributed by atoms with van der Waals surface area (Å²) in [6.45, 7) is 5.49. The zero-order valence-electron chi connectivity index (χ0n) is 11.5. The smallest absolute Gasteiger partial charge is 0.242 e. The van der Waals surface area contributed by atoms with E-state index in [0.29, 0.717) is 11.6 Å². The number of hydrogen-bond donors (Lipinski definition) is 1. The number of rotatable bonds is 3. The molecule has 2 aromatic rings. The Labute approximate surface area is 121 Å². The lowest BCUT2D eigenvalue weighted by atomic mass is 10.1. The Morgan fingerprint density at radius 1 is 1.60 bits per heavy atom. The number of nitrogens with one attached hydrogen (secondary N) is 1. The fraction of sp³-hybridized carbons (Fsp3) is 0.429. The molecule has 0 fully saturated rings. The molecule has 0 saturated heterocycles. The molecule has 0 bridgehead atoms. The molecule has 1 aliphatic rings. The SMILES string of the molecule is Cc1cc(NC(=O)[C@H](C)N2CCc3sccc3C2)no1. The summed E-state index contributed by atoms with van der Waals surface area (Å²) in [5, 5.41) is 8.70. The van der Waals surface area contributed by atoms with Gasteiger partial charge in [0.2, 0.25) is 5.91 Å². The van der Waals surface area contributed by atoms with E-state index >= 15 is 0 Å². The number of thiophene rings is 1. The average molecular weight is 291 g/mol. The Morgan fingerprint density at radius 2 is 2.45 bits per heavy atom. The molecule has 20 heavy (non-hydrogen) atoms. The van der Waals surface area contributed by atoms with Gasteiger partial charge >= 0.3 is 0 Å². The van der Waals surface area contributed by atoms with Crippen molar-refractivity contribution in [3.63, 3.8) is 0 Å². The van der Waals surface area contributed by atoms with Crippen molar-refractivity contribution >= 4 is 23.1 Å². The lowest BCUT2D eigenvalue weighted by molar-refractivity contribution is -0.121. The molecule has 1 atom stereocenters. The Morgan fingerprint density at radius 3 is 3.20 bits per heavy atom. The van der Waals surface area contributed by atoms with E-state index in [2.05, 4.69) is 26.8 Å². The predicted molar refractivity (Wildman–Crippen MR) is 77.8 cm³/mol. The first-order chi connectivity index (χ1) is 9.63. The van der Waals surface area contributed by atoms with Gasteiger partial charge in [-0.3, -0.25) is 9.69 Å². The highest BCUT2D eigenvalue weighted by atomic mass is 32.1. The van der Waals surface area contributed by atoms with E-state index in [0.717, 1.165) is 19.5 Å². The maximum atomic E-state index is 12.2. The van der Waals surface area contributed by atoms with E-state index in [4.69, 9.17) is 4.52 Å². The summed E-state index contributed by atoms with van der Waals surface area (Å²) in [7, 11) is 0. The van der Waals surface area contributed by atoms with Crippen molar-refractivity contribution in [2.24, 2.45) is 0 Å². The van der Waals surface area contributed by atoms with Gasteiger partial charge < -0.3 is 9.84 Å². The lowest BCUT2D eigenvalue weighted by Gasteiger charge is -2.31. The second kappa shape index (κ2) is 5.38. The van der Waals surface area contributed by atoms with Crippen LogP contribution in [0.25, 0.3) is 0 Å². The Bertz CT molecular complexity index is 619. The van der Waals surface area contributed by atoms with Gasteiger partial charge in [-0.1, -0.05) is 5.16 Å². The Kier molecular flexibility index (Phi) is 3.58. The maximum Gasteiger partial charge on any atom is 0.242 e. The largest absolute Gasteiger partial charge is 0.360 e. The van der Waals surface area contributed by atoms with Gasteiger partial charge in [0.25, 0.3) is 0 Å².